The summed E-state index contributed by atoms with van der Waals surface area (Å²) in [7, 11) is 0. The zero-order valence-corrected chi connectivity index (χ0v) is 12.2. The van der Waals surface area contributed by atoms with Crippen molar-refractivity contribution in [2.45, 2.75) is 56.8 Å². The van der Waals surface area contributed by atoms with Crippen LogP contribution in [0, 0.1) is 0 Å². The fourth-order valence-corrected chi connectivity index (χ4v) is 4.32. The van der Waals surface area contributed by atoms with Gasteiger partial charge in [0.05, 0.1) is 5.41 Å². The summed E-state index contributed by atoms with van der Waals surface area (Å²) in [4.78, 5) is 15.5. The summed E-state index contributed by atoms with van der Waals surface area (Å²) in [6, 6.07) is 6.28. The normalized spacial score (nSPS) is 20.6. The summed E-state index contributed by atoms with van der Waals surface area (Å²) in [5, 5.41) is 11.1. The molecule has 110 valence electrons. The Hall–Kier alpha value is -1.77. The highest BCUT2D eigenvalue weighted by Crippen LogP contribution is 2.41. The molecule has 1 aromatic carbocycles. The maximum absolute atomic E-state index is 12.0. The van der Waals surface area contributed by atoms with Gasteiger partial charge in [0.15, 0.2) is 0 Å². The first-order valence-electron chi connectivity index (χ1n) is 8.08. The summed E-state index contributed by atoms with van der Waals surface area (Å²) in [6.07, 6.45) is 8.23. The van der Waals surface area contributed by atoms with Crippen LogP contribution in [-0.4, -0.2) is 16.1 Å². The first-order valence-corrected chi connectivity index (χ1v) is 8.08. The quantitative estimate of drug-likeness (QED) is 0.877. The molecule has 0 aliphatic heterocycles. The summed E-state index contributed by atoms with van der Waals surface area (Å²) >= 11 is 0. The molecule has 2 N–H and O–H groups in total. The third-order valence-electron chi connectivity index (χ3n) is 5.52. The Kier molecular flexibility index (Phi) is 2.84. The molecular weight excluding hydrogens is 262 g/mol. The van der Waals surface area contributed by atoms with Gasteiger partial charge in [-0.3, -0.25) is 4.79 Å². The van der Waals surface area contributed by atoms with E-state index in [1.165, 1.54) is 28.6 Å². The number of hydrogen-bond donors (Lipinski definition) is 2. The van der Waals surface area contributed by atoms with Crippen LogP contribution in [0.5, 0.6) is 0 Å². The fraction of sp³-hybridized carbons (Fsp3) is 0.500. The van der Waals surface area contributed by atoms with Crippen molar-refractivity contribution in [2.24, 2.45) is 0 Å². The second-order valence-electron chi connectivity index (χ2n) is 6.64. The molecule has 4 rings (SSSR count). The summed E-state index contributed by atoms with van der Waals surface area (Å²) in [6.45, 7) is 0. The van der Waals surface area contributed by atoms with E-state index < -0.39 is 11.4 Å². The van der Waals surface area contributed by atoms with Gasteiger partial charge in [-0.05, 0) is 55.4 Å². The van der Waals surface area contributed by atoms with Crippen molar-refractivity contribution in [3.63, 3.8) is 0 Å². The summed E-state index contributed by atoms with van der Waals surface area (Å²) < 4.78 is 0. The second-order valence-corrected chi connectivity index (χ2v) is 6.64. The van der Waals surface area contributed by atoms with Gasteiger partial charge in [0.2, 0.25) is 0 Å². The number of carbonyl (C=O) groups is 1. The first-order chi connectivity index (χ1) is 10.2. The van der Waals surface area contributed by atoms with Gasteiger partial charge >= 0.3 is 5.97 Å². The molecule has 0 atom stereocenters. The van der Waals surface area contributed by atoms with E-state index in [0.717, 1.165) is 50.5 Å². The summed E-state index contributed by atoms with van der Waals surface area (Å²) in [5.41, 5.74) is 4.30. The minimum absolute atomic E-state index is 0.645. The highest BCUT2D eigenvalue weighted by atomic mass is 16.4. The van der Waals surface area contributed by atoms with Crippen LogP contribution in [-0.2, 0) is 23.1 Å². The molecule has 21 heavy (non-hydrogen) atoms. The molecule has 2 aliphatic carbocycles. The van der Waals surface area contributed by atoms with Gasteiger partial charge in [-0.15, -0.1) is 0 Å². The van der Waals surface area contributed by atoms with Crippen LogP contribution < -0.4 is 0 Å². The van der Waals surface area contributed by atoms with Gasteiger partial charge in [0.1, 0.15) is 0 Å². The van der Waals surface area contributed by atoms with Crippen molar-refractivity contribution in [3.05, 3.63) is 35.0 Å². The Labute approximate surface area is 124 Å². The lowest BCUT2D eigenvalue weighted by Crippen LogP contribution is -2.37. The molecule has 1 fully saturated rings. The van der Waals surface area contributed by atoms with Crippen LogP contribution in [0.3, 0.4) is 0 Å². The Morgan fingerprint density at radius 1 is 1.10 bits per heavy atom. The van der Waals surface area contributed by atoms with Crippen LogP contribution in [0.25, 0.3) is 10.9 Å². The zero-order chi connectivity index (χ0) is 14.4. The Bertz CT molecular complexity index is 707. The van der Waals surface area contributed by atoms with E-state index >= 15 is 0 Å². The monoisotopic (exact) mass is 283 g/mol. The molecule has 2 aromatic rings. The molecular formula is C18H21NO2. The van der Waals surface area contributed by atoms with E-state index in [9.17, 15) is 9.90 Å². The molecule has 2 aliphatic rings. The number of hydrogen-bond acceptors (Lipinski definition) is 1. The molecule has 0 amide bonds. The van der Waals surface area contributed by atoms with Crippen molar-refractivity contribution in [2.75, 3.05) is 0 Å². The van der Waals surface area contributed by atoms with Crippen LogP contribution in [0.1, 0.15) is 55.3 Å². The van der Waals surface area contributed by atoms with Gasteiger partial charge in [-0.1, -0.05) is 25.3 Å². The molecule has 1 heterocycles. The standard InChI is InChI=1S/C18H21NO2/c20-17(21)18(9-2-1-3-10-18)12-7-8-16-14(11-12)13-5-4-6-15(13)19-16/h7-8,11,19H,1-6,9-10H2,(H,20,21). The molecule has 0 radical (unpaired) electrons. The van der Waals surface area contributed by atoms with Crippen LogP contribution >= 0.6 is 0 Å². The van der Waals surface area contributed by atoms with Crippen molar-refractivity contribution < 1.29 is 9.90 Å². The number of carboxylic acids is 1. The molecule has 3 heteroatoms. The van der Waals surface area contributed by atoms with E-state index in [1.54, 1.807) is 0 Å². The number of benzene rings is 1. The van der Waals surface area contributed by atoms with Crippen molar-refractivity contribution in [1.82, 2.24) is 4.98 Å². The van der Waals surface area contributed by atoms with E-state index in [4.69, 9.17) is 0 Å². The number of nitrogens with one attached hydrogen (secondary N) is 1. The summed E-state index contributed by atoms with van der Waals surface area (Å²) in [5.74, 6) is -0.645. The molecule has 0 saturated heterocycles. The number of aromatic amines is 1. The predicted octanol–water partition coefficient (Wildman–Crippen LogP) is 3.94. The van der Waals surface area contributed by atoms with E-state index in [-0.39, 0.29) is 0 Å². The highest BCUT2D eigenvalue weighted by molar-refractivity contribution is 5.89. The Balaban J connectivity index is 1.87. The topological polar surface area (TPSA) is 53.1 Å². The number of aromatic nitrogens is 1. The van der Waals surface area contributed by atoms with Crippen LogP contribution in [0.15, 0.2) is 18.2 Å². The average molecular weight is 283 g/mol. The van der Waals surface area contributed by atoms with Crippen molar-refractivity contribution >= 4 is 16.9 Å². The van der Waals surface area contributed by atoms with Crippen molar-refractivity contribution in [1.29, 1.82) is 0 Å². The number of aryl methyl sites for hydroxylation is 2. The molecule has 1 saturated carbocycles. The second kappa shape index (κ2) is 4.62. The van der Waals surface area contributed by atoms with E-state index in [1.807, 2.05) is 6.07 Å². The number of carboxylic acid groups (broad SMARTS) is 1. The highest BCUT2D eigenvalue weighted by Gasteiger charge is 2.41. The lowest BCUT2D eigenvalue weighted by atomic mass is 9.69. The van der Waals surface area contributed by atoms with E-state index in [0.29, 0.717) is 0 Å². The van der Waals surface area contributed by atoms with E-state index in [2.05, 4.69) is 17.1 Å². The zero-order valence-electron chi connectivity index (χ0n) is 12.2. The molecule has 0 spiro atoms. The number of rotatable bonds is 2. The molecule has 1 aromatic heterocycles. The van der Waals surface area contributed by atoms with Crippen LogP contribution in [0.2, 0.25) is 0 Å². The van der Waals surface area contributed by atoms with Gasteiger partial charge in [-0.2, -0.15) is 0 Å². The van der Waals surface area contributed by atoms with Crippen LogP contribution in [0.4, 0.5) is 0 Å². The third kappa shape index (κ3) is 1.83. The lowest BCUT2D eigenvalue weighted by Gasteiger charge is -2.33. The largest absolute Gasteiger partial charge is 0.481 e. The predicted molar refractivity (Wildman–Crippen MR) is 82.7 cm³/mol. The maximum Gasteiger partial charge on any atom is 0.314 e. The van der Waals surface area contributed by atoms with Gasteiger partial charge in [-0.25, -0.2) is 0 Å². The maximum atomic E-state index is 12.0. The molecule has 0 unspecified atom stereocenters. The molecule has 0 bridgehead atoms. The molecule has 3 nitrogen and oxygen atoms in total. The number of fused-ring (bicyclic) bond motifs is 3. The Morgan fingerprint density at radius 3 is 2.67 bits per heavy atom. The Morgan fingerprint density at radius 2 is 1.90 bits per heavy atom. The number of aliphatic carboxylic acids is 1. The van der Waals surface area contributed by atoms with Crippen molar-refractivity contribution in [3.8, 4) is 0 Å². The third-order valence-corrected chi connectivity index (χ3v) is 5.52. The van der Waals surface area contributed by atoms with Gasteiger partial charge in [0, 0.05) is 16.6 Å². The smallest absolute Gasteiger partial charge is 0.314 e. The average Bonchev–Trinajstić information content (AvgIpc) is 3.08. The number of H-pyrrole nitrogens is 1. The van der Waals surface area contributed by atoms with Gasteiger partial charge < -0.3 is 10.1 Å². The van der Waals surface area contributed by atoms with Gasteiger partial charge in [0.25, 0.3) is 0 Å². The SMILES string of the molecule is O=C(O)C1(c2ccc3[nH]c4c(c3c2)CCC4)CCCCC1. The minimum atomic E-state index is -0.658. The fourth-order valence-electron chi connectivity index (χ4n) is 4.32. The first kappa shape index (κ1) is 12.9. The lowest BCUT2D eigenvalue weighted by molar-refractivity contribution is -0.145. The minimum Gasteiger partial charge on any atom is -0.481 e.